The van der Waals surface area contributed by atoms with Gasteiger partial charge in [0.25, 0.3) is 0 Å². The first-order valence-corrected chi connectivity index (χ1v) is 16.7. The molecular weight excluding hydrogens is 589 g/mol. The van der Waals surface area contributed by atoms with E-state index < -0.39 is 21.5 Å². The van der Waals surface area contributed by atoms with Crippen LogP contribution in [0.15, 0.2) is 33.5 Å². The molecule has 3 aliphatic rings. The van der Waals surface area contributed by atoms with Gasteiger partial charge < -0.3 is 14.5 Å². The van der Waals surface area contributed by atoms with E-state index in [0.29, 0.717) is 69.7 Å². The molecule has 222 valence electrons. The average Bonchev–Trinajstić information content (AvgIpc) is 3.66. The number of likely N-dealkylation sites (tertiary alicyclic amines) is 1. The zero-order valence-corrected chi connectivity index (χ0v) is 25.7. The lowest BCUT2D eigenvalue weighted by molar-refractivity contribution is -0.139. The number of carbonyl (C=O) groups excluding carboxylic acids is 3. The lowest BCUT2D eigenvalue weighted by Crippen LogP contribution is -2.47. The van der Waals surface area contributed by atoms with E-state index in [1.54, 1.807) is 41.1 Å². The van der Waals surface area contributed by atoms with Gasteiger partial charge in [-0.25, -0.2) is 18.2 Å². The van der Waals surface area contributed by atoms with Crippen molar-refractivity contribution < 1.29 is 27.5 Å². The highest BCUT2D eigenvalue weighted by atomic mass is 32.2. The Morgan fingerprint density at radius 1 is 1.15 bits per heavy atom. The van der Waals surface area contributed by atoms with Crippen molar-refractivity contribution in [3.05, 3.63) is 30.0 Å². The molecule has 0 radical (unpaired) electrons. The van der Waals surface area contributed by atoms with Gasteiger partial charge in [0.1, 0.15) is 0 Å². The Bertz CT molecular complexity index is 1440. The second kappa shape index (κ2) is 11.9. The van der Waals surface area contributed by atoms with E-state index in [4.69, 9.17) is 4.74 Å². The number of likely N-dealkylation sites (N-methyl/N-ethyl adjacent to an activating group) is 1. The number of hydrogen-bond acceptors (Lipinski definition) is 10. The van der Waals surface area contributed by atoms with Gasteiger partial charge in [-0.05, 0) is 44.2 Å². The molecule has 2 fully saturated rings. The van der Waals surface area contributed by atoms with Crippen LogP contribution in [0.25, 0.3) is 0 Å². The number of thiazole rings is 1. The molecule has 3 aliphatic heterocycles. The monoisotopic (exact) mass is 622 g/mol. The van der Waals surface area contributed by atoms with Crippen LogP contribution in [0.1, 0.15) is 25.8 Å². The van der Waals surface area contributed by atoms with Crippen molar-refractivity contribution in [2.24, 2.45) is 0 Å². The van der Waals surface area contributed by atoms with Gasteiger partial charge in [-0.15, -0.1) is 11.8 Å². The predicted molar refractivity (Wildman–Crippen MR) is 157 cm³/mol. The number of benzene rings is 1. The van der Waals surface area contributed by atoms with Crippen molar-refractivity contribution in [2.45, 2.75) is 34.8 Å². The summed E-state index contributed by atoms with van der Waals surface area (Å²) in [6, 6.07) is 4.58. The van der Waals surface area contributed by atoms with Crippen LogP contribution >= 0.6 is 23.1 Å². The summed E-state index contributed by atoms with van der Waals surface area (Å²) in [5, 5.41) is 3.24. The number of amides is 3. The van der Waals surface area contributed by atoms with Gasteiger partial charge >= 0.3 is 12.0 Å². The van der Waals surface area contributed by atoms with Crippen LogP contribution in [0, 0.1) is 0 Å². The number of fused-ring (bicyclic) bond motifs is 2. The number of thioether (sulfide) groups is 1. The number of urea groups is 1. The summed E-state index contributed by atoms with van der Waals surface area (Å²) in [4.78, 5) is 47.4. The second-order valence-electron chi connectivity index (χ2n) is 10.5. The van der Waals surface area contributed by atoms with E-state index >= 15 is 0 Å². The number of hydrogen-bond donors (Lipinski definition) is 1. The number of piperazine rings is 1. The number of nitrogens with one attached hydrogen (secondary N) is 1. The van der Waals surface area contributed by atoms with E-state index in [-0.39, 0.29) is 22.5 Å². The van der Waals surface area contributed by atoms with Crippen molar-refractivity contribution in [3.63, 3.8) is 0 Å². The highest BCUT2D eigenvalue weighted by Gasteiger charge is 2.50. The molecule has 2 saturated heterocycles. The van der Waals surface area contributed by atoms with Gasteiger partial charge in [0.05, 0.1) is 27.7 Å². The number of aromatic nitrogens is 1. The third kappa shape index (κ3) is 6.09. The summed E-state index contributed by atoms with van der Waals surface area (Å²) in [6.07, 6.45) is 2.22. The number of carbonyl (C=O) groups is 3. The molecule has 0 bridgehead atoms. The molecule has 41 heavy (non-hydrogen) atoms. The Labute approximate surface area is 248 Å². The average molecular weight is 623 g/mol. The van der Waals surface area contributed by atoms with Crippen molar-refractivity contribution in [1.29, 1.82) is 0 Å². The maximum atomic E-state index is 13.6. The molecule has 5 rings (SSSR count). The van der Waals surface area contributed by atoms with Gasteiger partial charge in [0, 0.05) is 63.8 Å². The molecule has 0 saturated carbocycles. The largest absolute Gasteiger partial charge is 0.465 e. The standard InChI is InChI=1S/C26H34N6O6S3/c1-4-38-22(34)15-39-23-14-27-24(40-23)28-25(35)32-17-26(7-8-30(16-26)18(2)33)20-13-19(5-6-21(20)32)41(36,37)31-11-9-29(3)10-12-31/h5-6,13-14H,4,7-12,15-17H2,1-3H3,(H,27,28,35). The number of sulfonamides is 1. The van der Waals surface area contributed by atoms with Gasteiger partial charge in [-0.1, -0.05) is 11.3 Å². The summed E-state index contributed by atoms with van der Waals surface area (Å²) in [5.41, 5.74) is 0.810. The number of esters is 1. The quantitative estimate of drug-likeness (QED) is 0.365. The SMILES string of the molecule is CCOC(=O)CSc1cnc(NC(=O)N2CC3(CCN(C(C)=O)C3)c3cc(S(=O)(=O)N4CCN(C)CC4)ccc32)s1. The fourth-order valence-electron chi connectivity index (χ4n) is 5.53. The summed E-state index contributed by atoms with van der Waals surface area (Å²) >= 11 is 2.54. The van der Waals surface area contributed by atoms with Crippen LogP contribution in [0.3, 0.4) is 0 Å². The van der Waals surface area contributed by atoms with E-state index in [1.165, 1.54) is 34.3 Å². The molecular formula is C26H34N6O6S3. The molecule has 0 aliphatic carbocycles. The third-order valence-electron chi connectivity index (χ3n) is 7.77. The predicted octanol–water partition coefficient (Wildman–Crippen LogP) is 2.28. The summed E-state index contributed by atoms with van der Waals surface area (Å²) < 4.78 is 34.4. The first-order valence-electron chi connectivity index (χ1n) is 13.4. The van der Waals surface area contributed by atoms with Gasteiger partial charge in [0.15, 0.2) is 5.13 Å². The number of anilines is 2. The normalized spacial score (nSPS) is 21.3. The highest BCUT2D eigenvalue weighted by Crippen LogP contribution is 2.47. The lowest BCUT2D eigenvalue weighted by atomic mass is 9.81. The topological polar surface area (TPSA) is 132 Å². The molecule has 1 aromatic carbocycles. The Balaban J connectivity index is 1.39. The smallest absolute Gasteiger partial charge is 0.328 e. The second-order valence-corrected chi connectivity index (χ2v) is 14.7. The molecule has 1 N–H and O–H groups in total. The minimum Gasteiger partial charge on any atom is -0.465 e. The Kier molecular flexibility index (Phi) is 8.62. The molecule has 12 nitrogen and oxygen atoms in total. The zero-order chi connectivity index (χ0) is 29.4. The van der Waals surface area contributed by atoms with Crippen LogP contribution in [0.2, 0.25) is 0 Å². The Morgan fingerprint density at radius 3 is 2.59 bits per heavy atom. The summed E-state index contributed by atoms with van der Waals surface area (Å²) in [7, 11) is -1.75. The van der Waals surface area contributed by atoms with Crippen LogP contribution in [0.5, 0.6) is 0 Å². The van der Waals surface area contributed by atoms with E-state index in [1.807, 2.05) is 7.05 Å². The number of rotatable bonds is 7. The molecule has 1 aromatic heterocycles. The van der Waals surface area contributed by atoms with Gasteiger partial charge in [-0.3, -0.25) is 19.8 Å². The van der Waals surface area contributed by atoms with Crippen molar-refractivity contribution in [3.8, 4) is 0 Å². The summed E-state index contributed by atoms with van der Waals surface area (Å²) in [5.74, 6) is -0.221. The first kappa shape index (κ1) is 29.8. The Morgan fingerprint density at radius 2 is 1.90 bits per heavy atom. The van der Waals surface area contributed by atoms with Crippen LogP contribution in [-0.4, -0.2) is 111 Å². The van der Waals surface area contributed by atoms with E-state index in [9.17, 15) is 22.8 Å². The zero-order valence-electron chi connectivity index (χ0n) is 23.3. The molecule has 1 atom stereocenters. The lowest BCUT2D eigenvalue weighted by Gasteiger charge is -2.32. The fraction of sp³-hybridized carbons (Fsp3) is 0.538. The van der Waals surface area contributed by atoms with Crippen LogP contribution in [-0.2, 0) is 29.8 Å². The molecule has 15 heteroatoms. The fourth-order valence-corrected chi connectivity index (χ4v) is 8.64. The summed E-state index contributed by atoms with van der Waals surface area (Å²) in [6.45, 7) is 7.00. The van der Waals surface area contributed by atoms with Crippen molar-refractivity contribution in [2.75, 3.05) is 75.4 Å². The van der Waals surface area contributed by atoms with E-state index in [2.05, 4.69) is 15.2 Å². The minimum absolute atomic E-state index is 0.0526. The molecule has 2 aromatic rings. The van der Waals surface area contributed by atoms with Crippen molar-refractivity contribution in [1.82, 2.24) is 19.1 Å². The molecule has 1 spiro atoms. The Hall–Kier alpha value is -2.72. The molecule has 1 unspecified atom stereocenters. The highest BCUT2D eigenvalue weighted by molar-refractivity contribution is 8.01. The number of nitrogens with zero attached hydrogens (tertiary/aromatic N) is 5. The maximum Gasteiger partial charge on any atom is 0.328 e. The maximum absolute atomic E-state index is 13.6. The van der Waals surface area contributed by atoms with E-state index in [0.717, 1.165) is 9.77 Å². The third-order valence-corrected chi connectivity index (χ3v) is 11.7. The molecule has 3 amide bonds. The number of ether oxygens (including phenoxy) is 1. The van der Waals surface area contributed by atoms with Crippen LogP contribution in [0.4, 0.5) is 15.6 Å². The van der Waals surface area contributed by atoms with Crippen molar-refractivity contribution >= 4 is 61.8 Å². The van der Waals surface area contributed by atoms with Crippen LogP contribution < -0.4 is 10.2 Å². The molecule has 4 heterocycles. The first-order chi connectivity index (χ1) is 19.5. The van der Waals surface area contributed by atoms with Gasteiger partial charge in [-0.2, -0.15) is 4.31 Å². The van der Waals surface area contributed by atoms with Gasteiger partial charge in [0.2, 0.25) is 15.9 Å². The minimum atomic E-state index is -3.72.